The molecule has 0 aliphatic rings. The first-order chi connectivity index (χ1) is 8.31. The van der Waals surface area contributed by atoms with Gasteiger partial charge in [0.2, 0.25) is 6.10 Å². The van der Waals surface area contributed by atoms with Crippen molar-refractivity contribution in [3.63, 3.8) is 0 Å². The monoisotopic (exact) mass is 225 g/mol. The minimum atomic E-state index is -0.718. The van der Waals surface area contributed by atoms with Gasteiger partial charge in [0, 0.05) is 5.56 Å². The Morgan fingerprint density at radius 2 is 1.65 bits per heavy atom. The maximum Gasteiger partial charge on any atom is 0.209 e. The van der Waals surface area contributed by atoms with Gasteiger partial charge >= 0.3 is 0 Å². The van der Waals surface area contributed by atoms with Gasteiger partial charge in [0.1, 0.15) is 6.07 Å². The van der Waals surface area contributed by atoms with E-state index in [-0.39, 0.29) is 5.75 Å². The van der Waals surface area contributed by atoms with E-state index >= 15 is 0 Å². The molecular formula is C14H11NO2. The summed E-state index contributed by atoms with van der Waals surface area (Å²) in [6, 6.07) is 17.8. The number of hydrogen-bond acceptors (Lipinski definition) is 3. The van der Waals surface area contributed by atoms with Crippen LogP contribution in [0.4, 0.5) is 0 Å². The molecule has 1 unspecified atom stereocenters. The lowest BCUT2D eigenvalue weighted by molar-refractivity contribution is 0.250. The van der Waals surface area contributed by atoms with E-state index in [4.69, 9.17) is 10.00 Å². The summed E-state index contributed by atoms with van der Waals surface area (Å²) in [5, 5.41) is 18.6. The summed E-state index contributed by atoms with van der Waals surface area (Å²) in [4.78, 5) is 0. The molecule has 2 aromatic rings. The van der Waals surface area contributed by atoms with Crippen LogP contribution in [0.3, 0.4) is 0 Å². The van der Waals surface area contributed by atoms with Gasteiger partial charge < -0.3 is 9.84 Å². The van der Waals surface area contributed by atoms with Crippen molar-refractivity contribution in [2.75, 3.05) is 0 Å². The zero-order chi connectivity index (χ0) is 12.1. The van der Waals surface area contributed by atoms with Gasteiger partial charge in [-0.25, -0.2) is 0 Å². The van der Waals surface area contributed by atoms with E-state index in [1.807, 2.05) is 30.3 Å². The second-order valence-corrected chi connectivity index (χ2v) is 3.51. The van der Waals surface area contributed by atoms with Gasteiger partial charge in [-0.3, -0.25) is 0 Å². The summed E-state index contributed by atoms with van der Waals surface area (Å²) in [5.41, 5.74) is 0.762. The van der Waals surface area contributed by atoms with Gasteiger partial charge in [-0.15, -0.1) is 0 Å². The molecule has 0 aliphatic heterocycles. The zero-order valence-electron chi connectivity index (χ0n) is 9.08. The third-order valence-corrected chi connectivity index (χ3v) is 2.33. The van der Waals surface area contributed by atoms with Crippen LogP contribution < -0.4 is 4.74 Å². The molecule has 3 nitrogen and oxygen atoms in total. The highest BCUT2D eigenvalue weighted by molar-refractivity contribution is 5.39. The van der Waals surface area contributed by atoms with Crippen molar-refractivity contribution in [1.29, 1.82) is 5.26 Å². The first-order valence-corrected chi connectivity index (χ1v) is 5.20. The van der Waals surface area contributed by atoms with Crippen LogP contribution in [-0.4, -0.2) is 5.11 Å². The highest BCUT2D eigenvalue weighted by Crippen LogP contribution is 2.29. The maximum absolute atomic E-state index is 9.57. The number of nitrogens with zero attached hydrogens (tertiary/aromatic N) is 1. The second-order valence-electron chi connectivity index (χ2n) is 3.51. The smallest absolute Gasteiger partial charge is 0.209 e. The topological polar surface area (TPSA) is 53.2 Å². The number of phenolic OH excluding ortho intramolecular Hbond substituents is 1. The molecule has 0 radical (unpaired) electrons. The summed E-state index contributed by atoms with van der Waals surface area (Å²) >= 11 is 0. The Hall–Kier alpha value is -2.47. The van der Waals surface area contributed by atoms with E-state index in [0.29, 0.717) is 5.75 Å². The third kappa shape index (κ3) is 2.56. The summed E-state index contributed by atoms with van der Waals surface area (Å²) in [5.74, 6) is 0.339. The highest BCUT2D eigenvalue weighted by Gasteiger charge is 2.13. The number of para-hydroxylation sites is 2. The van der Waals surface area contributed by atoms with Gasteiger partial charge in [0.25, 0.3) is 0 Å². The fourth-order valence-corrected chi connectivity index (χ4v) is 1.48. The van der Waals surface area contributed by atoms with Gasteiger partial charge in [0.15, 0.2) is 11.5 Å². The summed E-state index contributed by atoms with van der Waals surface area (Å²) in [6.45, 7) is 0. The van der Waals surface area contributed by atoms with Crippen LogP contribution in [-0.2, 0) is 0 Å². The van der Waals surface area contributed by atoms with Crippen LogP contribution >= 0.6 is 0 Å². The molecule has 0 bridgehead atoms. The van der Waals surface area contributed by atoms with Gasteiger partial charge in [-0.05, 0) is 12.1 Å². The summed E-state index contributed by atoms with van der Waals surface area (Å²) in [7, 11) is 0. The van der Waals surface area contributed by atoms with E-state index in [1.54, 1.807) is 18.2 Å². The first kappa shape index (κ1) is 11.0. The quantitative estimate of drug-likeness (QED) is 0.873. The van der Waals surface area contributed by atoms with Crippen molar-refractivity contribution >= 4 is 0 Å². The zero-order valence-corrected chi connectivity index (χ0v) is 9.08. The van der Waals surface area contributed by atoms with E-state index < -0.39 is 6.10 Å². The Bertz CT molecular complexity index is 531. The van der Waals surface area contributed by atoms with Crippen molar-refractivity contribution < 1.29 is 9.84 Å². The van der Waals surface area contributed by atoms with Crippen molar-refractivity contribution in [2.24, 2.45) is 0 Å². The Morgan fingerprint density at radius 3 is 2.29 bits per heavy atom. The van der Waals surface area contributed by atoms with Crippen LogP contribution in [0.25, 0.3) is 0 Å². The third-order valence-electron chi connectivity index (χ3n) is 2.33. The van der Waals surface area contributed by atoms with Gasteiger partial charge in [-0.2, -0.15) is 5.26 Å². The number of hydrogen-bond donors (Lipinski definition) is 1. The van der Waals surface area contributed by atoms with Crippen molar-refractivity contribution in [3.05, 3.63) is 60.2 Å². The molecule has 1 atom stereocenters. The maximum atomic E-state index is 9.57. The number of phenols is 1. The fourth-order valence-electron chi connectivity index (χ4n) is 1.48. The summed E-state index contributed by atoms with van der Waals surface area (Å²) in [6.07, 6.45) is -0.718. The molecule has 0 amide bonds. The lowest BCUT2D eigenvalue weighted by atomic mass is 10.1. The molecule has 84 valence electrons. The minimum absolute atomic E-state index is 0.0312. The standard InChI is InChI=1S/C14H11NO2/c15-10-14(11-6-2-1-3-7-11)17-13-9-5-4-8-12(13)16/h1-9,14,16H. The number of nitriles is 1. The molecule has 0 heterocycles. The van der Waals surface area contributed by atoms with Crippen LogP contribution in [0, 0.1) is 11.3 Å². The largest absolute Gasteiger partial charge is 0.504 e. The SMILES string of the molecule is N#CC(Oc1ccccc1O)c1ccccc1. The molecule has 17 heavy (non-hydrogen) atoms. The lowest BCUT2D eigenvalue weighted by Crippen LogP contribution is -2.04. The molecule has 0 spiro atoms. The molecule has 1 N–H and O–H groups in total. The molecule has 2 aromatic carbocycles. The van der Waals surface area contributed by atoms with E-state index in [0.717, 1.165) is 5.56 Å². The molecule has 0 aromatic heterocycles. The number of aromatic hydroxyl groups is 1. The number of rotatable bonds is 3. The predicted molar refractivity (Wildman–Crippen MR) is 63.5 cm³/mol. The minimum Gasteiger partial charge on any atom is -0.504 e. The van der Waals surface area contributed by atoms with Gasteiger partial charge in [0.05, 0.1) is 0 Å². The Morgan fingerprint density at radius 1 is 1.00 bits per heavy atom. The van der Waals surface area contributed by atoms with E-state index in [1.165, 1.54) is 6.07 Å². The van der Waals surface area contributed by atoms with Crippen molar-refractivity contribution in [1.82, 2.24) is 0 Å². The molecular weight excluding hydrogens is 214 g/mol. The normalized spacial score (nSPS) is 11.5. The molecule has 0 aliphatic carbocycles. The average Bonchev–Trinajstić information content (AvgIpc) is 2.39. The van der Waals surface area contributed by atoms with Crippen molar-refractivity contribution in [2.45, 2.75) is 6.10 Å². The first-order valence-electron chi connectivity index (χ1n) is 5.20. The number of benzene rings is 2. The molecule has 0 fully saturated rings. The highest BCUT2D eigenvalue weighted by atomic mass is 16.5. The molecule has 0 saturated carbocycles. The van der Waals surface area contributed by atoms with Crippen LogP contribution in [0.1, 0.15) is 11.7 Å². The lowest BCUT2D eigenvalue weighted by Gasteiger charge is -2.13. The Balaban J connectivity index is 2.23. The second kappa shape index (κ2) is 5.04. The van der Waals surface area contributed by atoms with Crippen LogP contribution in [0.5, 0.6) is 11.5 Å². The number of ether oxygens (including phenoxy) is 1. The summed E-state index contributed by atoms with van der Waals surface area (Å²) < 4.78 is 5.47. The van der Waals surface area contributed by atoms with E-state index in [2.05, 4.69) is 6.07 Å². The predicted octanol–water partition coefficient (Wildman–Crippen LogP) is 3.04. The van der Waals surface area contributed by atoms with Crippen molar-refractivity contribution in [3.8, 4) is 17.6 Å². The Labute approximate surface area is 99.5 Å². The molecule has 2 rings (SSSR count). The average molecular weight is 225 g/mol. The molecule has 0 saturated heterocycles. The van der Waals surface area contributed by atoms with Gasteiger partial charge in [-0.1, -0.05) is 42.5 Å². The molecule has 3 heteroatoms. The van der Waals surface area contributed by atoms with Crippen LogP contribution in [0.2, 0.25) is 0 Å². The Kier molecular flexibility index (Phi) is 3.27. The fraction of sp³-hybridized carbons (Fsp3) is 0.0714. The van der Waals surface area contributed by atoms with E-state index in [9.17, 15) is 5.11 Å². The van der Waals surface area contributed by atoms with Crippen LogP contribution in [0.15, 0.2) is 54.6 Å².